The van der Waals surface area contributed by atoms with Crippen molar-refractivity contribution in [1.82, 2.24) is 0 Å². The van der Waals surface area contributed by atoms with E-state index in [4.69, 9.17) is 17.3 Å². The maximum Gasteiger partial charge on any atom is 0.123 e. The minimum Gasteiger partial charge on any atom is -0.324 e. The summed E-state index contributed by atoms with van der Waals surface area (Å²) < 4.78 is 13.2. The van der Waals surface area contributed by atoms with Crippen LogP contribution >= 0.6 is 11.6 Å². The van der Waals surface area contributed by atoms with Crippen molar-refractivity contribution in [2.45, 2.75) is 37.6 Å². The lowest BCUT2D eigenvalue weighted by Gasteiger charge is -2.33. The van der Waals surface area contributed by atoms with Gasteiger partial charge in [0, 0.05) is 16.0 Å². The van der Waals surface area contributed by atoms with Crippen LogP contribution in [0.4, 0.5) is 4.39 Å². The summed E-state index contributed by atoms with van der Waals surface area (Å²) >= 11 is 6.09. The van der Waals surface area contributed by atoms with E-state index in [1.54, 1.807) is 6.07 Å². The van der Waals surface area contributed by atoms with Gasteiger partial charge in [0.25, 0.3) is 0 Å². The summed E-state index contributed by atoms with van der Waals surface area (Å²) in [4.78, 5) is 0. The number of hydrogen-bond acceptors (Lipinski definition) is 1. The molecule has 1 aromatic carbocycles. The van der Waals surface area contributed by atoms with Crippen molar-refractivity contribution in [1.29, 1.82) is 0 Å². The van der Waals surface area contributed by atoms with E-state index in [9.17, 15) is 4.39 Å². The SMILES string of the molecule is CC(C)(c1cc(F)ccc1Cl)C1(N)CC1. The van der Waals surface area contributed by atoms with Crippen molar-refractivity contribution in [2.24, 2.45) is 5.73 Å². The van der Waals surface area contributed by atoms with Crippen molar-refractivity contribution >= 4 is 11.6 Å². The molecule has 0 radical (unpaired) electrons. The van der Waals surface area contributed by atoms with Gasteiger partial charge in [-0.3, -0.25) is 0 Å². The summed E-state index contributed by atoms with van der Waals surface area (Å²) in [5.41, 5.74) is 6.51. The normalized spacial score (nSPS) is 19.0. The Morgan fingerprint density at radius 3 is 2.53 bits per heavy atom. The first-order chi connectivity index (χ1) is 6.87. The molecule has 0 bridgehead atoms. The number of halogens is 2. The highest BCUT2D eigenvalue weighted by Crippen LogP contribution is 2.50. The zero-order chi connectivity index (χ0) is 11.3. The number of hydrogen-bond donors (Lipinski definition) is 1. The monoisotopic (exact) mass is 227 g/mol. The molecule has 0 aliphatic heterocycles. The Kier molecular flexibility index (Phi) is 2.32. The summed E-state index contributed by atoms with van der Waals surface area (Å²) in [6.45, 7) is 4.06. The Labute approximate surface area is 94.4 Å². The van der Waals surface area contributed by atoms with Gasteiger partial charge in [-0.15, -0.1) is 0 Å². The molecule has 0 saturated heterocycles. The van der Waals surface area contributed by atoms with Gasteiger partial charge in [-0.05, 0) is 36.6 Å². The number of rotatable bonds is 2. The zero-order valence-electron chi connectivity index (χ0n) is 8.98. The summed E-state index contributed by atoms with van der Waals surface area (Å²) in [6, 6.07) is 4.47. The van der Waals surface area contributed by atoms with E-state index >= 15 is 0 Å². The van der Waals surface area contributed by atoms with Crippen LogP contribution in [0.5, 0.6) is 0 Å². The Morgan fingerprint density at radius 1 is 1.40 bits per heavy atom. The van der Waals surface area contributed by atoms with Crippen LogP contribution in [-0.2, 0) is 5.41 Å². The average molecular weight is 228 g/mol. The molecule has 15 heavy (non-hydrogen) atoms. The molecule has 0 unspecified atom stereocenters. The van der Waals surface area contributed by atoms with E-state index in [1.807, 2.05) is 13.8 Å². The molecular weight excluding hydrogens is 213 g/mol. The summed E-state index contributed by atoms with van der Waals surface area (Å²) in [5, 5.41) is 0.595. The van der Waals surface area contributed by atoms with Gasteiger partial charge in [-0.25, -0.2) is 4.39 Å². The molecule has 3 heteroatoms. The van der Waals surface area contributed by atoms with Crippen LogP contribution < -0.4 is 5.73 Å². The lowest BCUT2D eigenvalue weighted by atomic mass is 9.76. The smallest absolute Gasteiger partial charge is 0.123 e. The third-order valence-electron chi connectivity index (χ3n) is 3.64. The van der Waals surface area contributed by atoms with Crippen molar-refractivity contribution in [3.63, 3.8) is 0 Å². The van der Waals surface area contributed by atoms with E-state index in [2.05, 4.69) is 0 Å². The maximum absolute atomic E-state index is 13.2. The van der Waals surface area contributed by atoms with Crippen LogP contribution in [0.2, 0.25) is 5.02 Å². The lowest BCUT2D eigenvalue weighted by Crippen LogP contribution is -2.43. The molecule has 1 nitrogen and oxygen atoms in total. The molecule has 1 aliphatic carbocycles. The van der Waals surface area contributed by atoms with Crippen LogP contribution in [0.15, 0.2) is 18.2 Å². The van der Waals surface area contributed by atoms with Crippen LogP contribution in [-0.4, -0.2) is 5.54 Å². The molecule has 0 heterocycles. The maximum atomic E-state index is 13.2. The predicted octanol–water partition coefficient (Wildman–Crippen LogP) is 3.25. The van der Waals surface area contributed by atoms with Gasteiger partial charge in [0.2, 0.25) is 0 Å². The van der Waals surface area contributed by atoms with Crippen molar-refractivity contribution in [3.05, 3.63) is 34.6 Å². The molecule has 2 N–H and O–H groups in total. The van der Waals surface area contributed by atoms with Crippen LogP contribution in [0.25, 0.3) is 0 Å². The first-order valence-electron chi connectivity index (χ1n) is 5.11. The zero-order valence-corrected chi connectivity index (χ0v) is 9.74. The first kappa shape index (κ1) is 10.9. The van der Waals surface area contributed by atoms with Gasteiger partial charge in [0.05, 0.1) is 0 Å². The molecule has 0 spiro atoms. The van der Waals surface area contributed by atoms with Crippen LogP contribution in [0.1, 0.15) is 32.3 Å². The van der Waals surface area contributed by atoms with Gasteiger partial charge < -0.3 is 5.73 Å². The van der Waals surface area contributed by atoms with Crippen molar-refractivity contribution in [3.8, 4) is 0 Å². The second kappa shape index (κ2) is 3.19. The Bertz CT molecular complexity index is 397. The Morgan fingerprint density at radius 2 is 2.00 bits per heavy atom. The van der Waals surface area contributed by atoms with E-state index in [0.29, 0.717) is 5.02 Å². The minimum absolute atomic E-state index is 0.218. The highest BCUT2D eigenvalue weighted by molar-refractivity contribution is 6.31. The predicted molar refractivity (Wildman–Crippen MR) is 60.6 cm³/mol. The molecule has 0 aromatic heterocycles. The van der Waals surface area contributed by atoms with Gasteiger partial charge in [-0.1, -0.05) is 25.4 Å². The molecule has 82 valence electrons. The van der Waals surface area contributed by atoms with Crippen LogP contribution in [0.3, 0.4) is 0 Å². The third-order valence-corrected chi connectivity index (χ3v) is 3.96. The molecule has 0 amide bonds. The largest absolute Gasteiger partial charge is 0.324 e. The van der Waals surface area contributed by atoms with E-state index in [-0.39, 0.29) is 16.8 Å². The standard InChI is InChI=1S/C12H15ClFN/c1-11(2,12(15)5-6-12)9-7-8(14)3-4-10(9)13/h3-4,7H,5-6,15H2,1-2H3. The van der Waals surface area contributed by atoms with Gasteiger partial charge in [0.1, 0.15) is 5.82 Å². The highest BCUT2D eigenvalue weighted by Gasteiger charge is 2.52. The minimum atomic E-state index is -0.272. The van der Waals surface area contributed by atoms with Gasteiger partial charge in [0.15, 0.2) is 0 Å². The molecule has 1 fully saturated rings. The summed E-state index contributed by atoms with van der Waals surface area (Å²) in [5.74, 6) is -0.258. The fourth-order valence-corrected chi connectivity index (χ4v) is 2.36. The van der Waals surface area contributed by atoms with Crippen molar-refractivity contribution < 1.29 is 4.39 Å². The molecular formula is C12H15ClFN. The van der Waals surface area contributed by atoms with Gasteiger partial charge >= 0.3 is 0 Å². The molecule has 0 atom stereocenters. The van der Waals surface area contributed by atoms with E-state index in [0.717, 1.165) is 18.4 Å². The lowest BCUT2D eigenvalue weighted by molar-refractivity contribution is 0.389. The topological polar surface area (TPSA) is 26.0 Å². The third kappa shape index (κ3) is 1.66. The van der Waals surface area contributed by atoms with E-state index in [1.165, 1.54) is 12.1 Å². The van der Waals surface area contributed by atoms with E-state index < -0.39 is 0 Å². The Hall–Kier alpha value is -0.600. The quantitative estimate of drug-likeness (QED) is 0.825. The van der Waals surface area contributed by atoms with Crippen LogP contribution in [0, 0.1) is 5.82 Å². The number of benzene rings is 1. The van der Waals surface area contributed by atoms with Gasteiger partial charge in [-0.2, -0.15) is 0 Å². The second-order valence-electron chi connectivity index (χ2n) is 4.91. The average Bonchev–Trinajstić information content (AvgIpc) is 2.89. The molecule has 2 rings (SSSR count). The summed E-state index contributed by atoms with van der Waals surface area (Å²) in [7, 11) is 0. The molecule has 1 saturated carbocycles. The first-order valence-corrected chi connectivity index (χ1v) is 5.49. The fraction of sp³-hybridized carbons (Fsp3) is 0.500. The molecule has 1 aromatic rings. The number of nitrogens with two attached hydrogens (primary N) is 1. The summed E-state index contributed by atoms with van der Waals surface area (Å²) in [6.07, 6.45) is 1.96. The second-order valence-corrected chi connectivity index (χ2v) is 5.31. The Balaban J connectivity index is 2.48. The highest BCUT2D eigenvalue weighted by atomic mass is 35.5. The fourth-order valence-electron chi connectivity index (χ4n) is 2.00. The molecule has 1 aliphatic rings. The van der Waals surface area contributed by atoms with Crippen molar-refractivity contribution in [2.75, 3.05) is 0 Å².